The molecule has 2 N–H and O–H groups in total. The number of hydrogen-bond donors (Lipinski definition) is 1. The van der Waals surface area contributed by atoms with Crippen LogP contribution in [0.3, 0.4) is 0 Å². The zero-order valence-electron chi connectivity index (χ0n) is 9.94. The number of anilines is 1. The Hall–Kier alpha value is -1.14. The van der Waals surface area contributed by atoms with Crippen molar-refractivity contribution in [1.82, 2.24) is 0 Å². The average Bonchev–Trinajstić information content (AvgIpc) is 2.41. The predicted octanol–water partition coefficient (Wildman–Crippen LogP) is 4.53. The molecular formula is C15H11BrINO. The minimum absolute atomic E-state index is 0.0324. The smallest absolute Gasteiger partial charge is 0.185 e. The molecule has 0 atom stereocenters. The molecule has 0 amide bonds. The standard InChI is InChI=1S/C15H11BrINO/c16-12-8-11(15(18)13(17)9-12)6-7-14(19)10-4-2-1-3-5-10/h1-9H,18H2. The van der Waals surface area contributed by atoms with Crippen LogP contribution in [0, 0.1) is 3.57 Å². The number of halogens is 2. The van der Waals surface area contributed by atoms with Gasteiger partial charge in [-0.15, -0.1) is 0 Å². The van der Waals surface area contributed by atoms with E-state index in [1.807, 2.05) is 30.3 Å². The van der Waals surface area contributed by atoms with Crippen molar-refractivity contribution >= 4 is 56.1 Å². The zero-order valence-corrected chi connectivity index (χ0v) is 13.7. The number of carbonyl (C=O) groups excluding carboxylic acids is 1. The van der Waals surface area contributed by atoms with Crippen LogP contribution >= 0.6 is 38.5 Å². The number of ketones is 1. The van der Waals surface area contributed by atoms with Crippen molar-refractivity contribution in [2.75, 3.05) is 5.73 Å². The lowest BCUT2D eigenvalue weighted by Crippen LogP contribution is -1.96. The molecule has 0 unspecified atom stereocenters. The van der Waals surface area contributed by atoms with Gasteiger partial charge in [-0.05, 0) is 52.4 Å². The second-order valence-corrected chi connectivity index (χ2v) is 6.03. The molecule has 0 spiro atoms. The number of allylic oxidation sites excluding steroid dienone is 1. The number of benzene rings is 2. The van der Waals surface area contributed by atoms with Crippen LogP contribution in [0.25, 0.3) is 6.08 Å². The van der Waals surface area contributed by atoms with Gasteiger partial charge >= 0.3 is 0 Å². The summed E-state index contributed by atoms with van der Waals surface area (Å²) < 4.78 is 1.90. The van der Waals surface area contributed by atoms with Gasteiger partial charge in [-0.3, -0.25) is 4.79 Å². The van der Waals surface area contributed by atoms with Crippen molar-refractivity contribution in [2.45, 2.75) is 0 Å². The highest BCUT2D eigenvalue weighted by Gasteiger charge is 2.04. The summed E-state index contributed by atoms with van der Waals surface area (Å²) in [6.45, 7) is 0. The third kappa shape index (κ3) is 3.67. The van der Waals surface area contributed by atoms with Gasteiger partial charge in [0, 0.05) is 13.6 Å². The first-order valence-corrected chi connectivity index (χ1v) is 7.47. The minimum atomic E-state index is -0.0324. The van der Waals surface area contributed by atoms with Crippen LogP contribution in [0.4, 0.5) is 5.69 Å². The first kappa shape index (κ1) is 14.3. The van der Waals surface area contributed by atoms with E-state index in [9.17, 15) is 4.79 Å². The van der Waals surface area contributed by atoms with Crippen LogP contribution in [0.2, 0.25) is 0 Å². The van der Waals surface area contributed by atoms with Crippen molar-refractivity contribution < 1.29 is 4.79 Å². The summed E-state index contributed by atoms with van der Waals surface area (Å²) in [4.78, 5) is 12.0. The molecule has 0 aliphatic carbocycles. The molecule has 0 bridgehead atoms. The fourth-order valence-corrected chi connectivity index (χ4v) is 3.16. The van der Waals surface area contributed by atoms with E-state index in [1.165, 1.54) is 0 Å². The van der Waals surface area contributed by atoms with Gasteiger partial charge in [-0.2, -0.15) is 0 Å². The highest BCUT2D eigenvalue weighted by molar-refractivity contribution is 14.1. The molecule has 0 radical (unpaired) electrons. The Morgan fingerprint density at radius 1 is 1.21 bits per heavy atom. The topological polar surface area (TPSA) is 43.1 Å². The number of nitrogens with two attached hydrogens (primary N) is 1. The van der Waals surface area contributed by atoms with E-state index in [0.717, 1.165) is 13.6 Å². The summed E-state index contributed by atoms with van der Waals surface area (Å²) >= 11 is 5.59. The summed E-state index contributed by atoms with van der Waals surface area (Å²) in [6, 6.07) is 13.0. The van der Waals surface area contributed by atoms with E-state index < -0.39 is 0 Å². The van der Waals surface area contributed by atoms with E-state index in [2.05, 4.69) is 38.5 Å². The van der Waals surface area contributed by atoms with Gasteiger partial charge in [0.2, 0.25) is 0 Å². The lowest BCUT2D eigenvalue weighted by molar-refractivity contribution is 0.104. The van der Waals surface area contributed by atoms with E-state index in [0.29, 0.717) is 11.3 Å². The summed E-state index contributed by atoms with van der Waals surface area (Å²) in [7, 11) is 0. The van der Waals surface area contributed by atoms with Crippen LogP contribution in [0.5, 0.6) is 0 Å². The van der Waals surface area contributed by atoms with E-state index in [4.69, 9.17) is 5.73 Å². The molecule has 2 aromatic carbocycles. The maximum atomic E-state index is 12.0. The van der Waals surface area contributed by atoms with E-state index >= 15 is 0 Å². The number of rotatable bonds is 3. The Labute approximate surface area is 134 Å². The summed E-state index contributed by atoms with van der Waals surface area (Å²) in [5.74, 6) is -0.0324. The molecule has 0 saturated carbocycles. The quantitative estimate of drug-likeness (QED) is 0.338. The maximum absolute atomic E-state index is 12.0. The van der Waals surface area contributed by atoms with Gasteiger partial charge in [0.1, 0.15) is 0 Å². The minimum Gasteiger partial charge on any atom is -0.397 e. The van der Waals surface area contributed by atoms with Gasteiger partial charge in [-0.25, -0.2) is 0 Å². The molecule has 2 nitrogen and oxygen atoms in total. The Balaban J connectivity index is 2.27. The van der Waals surface area contributed by atoms with E-state index in [1.54, 1.807) is 24.3 Å². The molecule has 0 fully saturated rings. The monoisotopic (exact) mass is 427 g/mol. The van der Waals surface area contributed by atoms with Crippen molar-refractivity contribution in [3.05, 3.63) is 67.7 Å². The molecule has 2 rings (SSSR count). The summed E-state index contributed by atoms with van der Waals surface area (Å²) in [6.07, 6.45) is 3.29. The first-order chi connectivity index (χ1) is 9.08. The van der Waals surface area contributed by atoms with Crippen LogP contribution in [0.15, 0.2) is 53.0 Å². The molecule has 4 heteroatoms. The Morgan fingerprint density at radius 2 is 1.89 bits per heavy atom. The van der Waals surface area contributed by atoms with Crippen LogP contribution in [-0.4, -0.2) is 5.78 Å². The summed E-state index contributed by atoms with van der Waals surface area (Å²) in [5.41, 5.74) is 8.17. The lowest BCUT2D eigenvalue weighted by Gasteiger charge is -2.04. The van der Waals surface area contributed by atoms with Gasteiger partial charge < -0.3 is 5.73 Å². The van der Waals surface area contributed by atoms with Crippen LogP contribution in [-0.2, 0) is 0 Å². The van der Waals surface area contributed by atoms with Crippen molar-refractivity contribution in [3.63, 3.8) is 0 Å². The maximum Gasteiger partial charge on any atom is 0.185 e. The lowest BCUT2D eigenvalue weighted by atomic mass is 10.1. The molecule has 0 aromatic heterocycles. The fraction of sp³-hybridized carbons (Fsp3) is 0. The average molecular weight is 428 g/mol. The molecular weight excluding hydrogens is 417 g/mol. The molecule has 0 aliphatic heterocycles. The molecule has 19 heavy (non-hydrogen) atoms. The second kappa shape index (κ2) is 6.34. The van der Waals surface area contributed by atoms with Gasteiger partial charge in [0.25, 0.3) is 0 Å². The summed E-state index contributed by atoms with van der Waals surface area (Å²) in [5, 5.41) is 0. The molecule has 96 valence electrons. The number of carbonyl (C=O) groups is 1. The largest absolute Gasteiger partial charge is 0.397 e. The van der Waals surface area contributed by atoms with Gasteiger partial charge in [-0.1, -0.05) is 46.3 Å². The Morgan fingerprint density at radius 3 is 2.58 bits per heavy atom. The molecule has 0 heterocycles. The van der Waals surface area contributed by atoms with Crippen LogP contribution < -0.4 is 5.73 Å². The van der Waals surface area contributed by atoms with E-state index in [-0.39, 0.29) is 5.78 Å². The van der Waals surface area contributed by atoms with Crippen molar-refractivity contribution in [2.24, 2.45) is 0 Å². The highest BCUT2D eigenvalue weighted by Crippen LogP contribution is 2.26. The third-order valence-corrected chi connectivity index (χ3v) is 3.95. The van der Waals surface area contributed by atoms with Crippen molar-refractivity contribution in [1.29, 1.82) is 0 Å². The zero-order chi connectivity index (χ0) is 13.8. The third-order valence-electron chi connectivity index (χ3n) is 2.60. The SMILES string of the molecule is Nc1c(I)cc(Br)cc1C=CC(=O)c1ccccc1. The second-order valence-electron chi connectivity index (χ2n) is 3.95. The molecule has 2 aromatic rings. The van der Waals surface area contributed by atoms with Gasteiger partial charge in [0.15, 0.2) is 5.78 Å². The Bertz CT molecular complexity index is 638. The van der Waals surface area contributed by atoms with Crippen molar-refractivity contribution in [3.8, 4) is 0 Å². The van der Waals surface area contributed by atoms with Gasteiger partial charge in [0.05, 0.1) is 5.69 Å². The van der Waals surface area contributed by atoms with Crippen LogP contribution in [0.1, 0.15) is 15.9 Å². The number of nitrogen functional groups attached to an aromatic ring is 1. The number of hydrogen-bond acceptors (Lipinski definition) is 2. The first-order valence-electron chi connectivity index (χ1n) is 5.60. The Kier molecular flexibility index (Phi) is 4.76. The molecule has 0 aliphatic rings. The highest BCUT2D eigenvalue weighted by atomic mass is 127. The predicted molar refractivity (Wildman–Crippen MR) is 91.1 cm³/mol. The fourth-order valence-electron chi connectivity index (χ4n) is 1.61. The normalized spacial score (nSPS) is 10.8. The molecule has 0 saturated heterocycles.